The van der Waals surface area contributed by atoms with Crippen molar-refractivity contribution in [3.8, 4) is 0 Å². The summed E-state index contributed by atoms with van der Waals surface area (Å²) in [4.78, 5) is 35.8. The Morgan fingerprint density at radius 1 is 1.00 bits per heavy atom. The molecule has 3 atom stereocenters. The molecule has 0 spiro atoms. The molecule has 0 aromatic carbocycles. The van der Waals surface area contributed by atoms with Gasteiger partial charge in [-0.15, -0.1) is 6.58 Å². The summed E-state index contributed by atoms with van der Waals surface area (Å²) >= 11 is 0. The molecular formula is C13H18O7. The second-order valence-corrected chi connectivity index (χ2v) is 4.31. The normalized spacial score (nSPS) is 24.5. The summed E-state index contributed by atoms with van der Waals surface area (Å²) < 4.78 is 19.0. The van der Waals surface area contributed by atoms with Gasteiger partial charge in [-0.25, -0.2) is 9.59 Å². The Labute approximate surface area is 116 Å². The summed E-state index contributed by atoms with van der Waals surface area (Å²) in [6.07, 6.45) is 1.48. The Bertz CT molecular complexity index is 412. The summed E-state index contributed by atoms with van der Waals surface area (Å²) in [6.45, 7) is 3.59. The van der Waals surface area contributed by atoms with Gasteiger partial charge in [-0.3, -0.25) is 4.79 Å². The number of hydrogen-bond donors (Lipinski definition) is 0. The first-order chi connectivity index (χ1) is 9.45. The van der Waals surface area contributed by atoms with Gasteiger partial charge in [0.1, 0.15) is 0 Å². The number of hydrogen-bond acceptors (Lipinski definition) is 7. The van der Waals surface area contributed by atoms with E-state index in [-0.39, 0.29) is 0 Å². The van der Waals surface area contributed by atoms with E-state index in [9.17, 15) is 14.4 Å². The molecule has 0 aromatic rings. The summed E-state index contributed by atoms with van der Waals surface area (Å²) in [5.74, 6) is -4.28. The van der Waals surface area contributed by atoms with Crippen molar-refractivity contribution in [1.82, 2.24) is 0 Å². The smallest absolute Gasteiger partial charge is 0.350 e. The van der Waals surface area contributed by atoms with Gasteiger partial charge in [0.05, 0.1) is 27.2 Å². The van der Waals surface area contributed by atoms with Crippen LogP contribution in [0.15, 0.2) is 12.7 Å². The lowest BCUT2D eigenvalue weighted by Gasteiger charge is -2.27. The van der Waals surface area contributed by atoms with Gasteiger partial charge in [-0.05, 0) is 5.92 Å². The van der Waals surface area contributed by atoms with E-state index in [1.54, 1.807) is 0 Å². The van der Waals surface area contributed by atoms with Crippen LogP contribution in [0, 0.1) is 17.8 Å². The van der Waals surface area contributed by atoms with Crippen LogP contribution in [0.2, 0.25) is 0 Å². The van der Waals surface area contributed by atoms with Crippen molar-refractivity contribution in [2.24, 2.45) is 17.8 Å². The van der Waals surface area contributed by atoms with Gasteiger partial charge in [-0.2, -0.15) is 0 Å². The second-order valence-electron chi connectivity index (χ2n) is 4.31. The Balaban J connectivity index is 3.25. The zero-order chi connectivity index (χ0) is 15.5. The van der Waals surface area contributed by atoms with Crippen LogP contribution in [-0.4, -0.2) is 51.9 Å². The lowest BCUT2D eigenvalue weighted by molar-refractivity contribution is -0.188. The Morgan fingerprint density at radius 2 is 1.50 bits per heavy atom. The standard InChI is InChI=1S/C13H18O7/c1-6-7-8(10(14)17-2)9(7)13(20-5,11(15)18-3)12(16)19-4/h6-9H,1H2,2-5H3/t7-,8+,9+/m1/s1. The number of carbonyl (C=O) groups is 3. The SMILES string of the molecule is C=C[C@@H]1[C@H](C(=O)OC)[C@H]1C(OC)(C(=O)OC)C(=O)OC. The highest BCUT2D eigenvalue weighted by molar-refractivity contribution is 6.05. The Kier molecular flexibility index (Phi) is 4.88. The molecule has 0 saturated heterocycles. The van der Waals surface area contributed by atoms with Crippen LogP contribution >= 0.6 is 0 Å². The van der Waals surface area contributed by atoms with E-state index in [1.807, 2.05) is 0 Å². The van der Waals surface area contributed by atoms with Crippen LogP contribution in [-0.2, 0) is 33.3 Å². The maximum Gasteiger partial charge on any atom is 0.350 e. The third-order valence-electron chi connectivity index (χ3n) is 3.59. The third kappa shape index (κ3) is 2.18. The molecule has 0 unspecified atom stereocenters. The first-order valence-corrected chi connectivity index (χ1v) is 5.88. The van der Waals surface area contributed by atoms with Crippen LogP contribution < -0.4 is 0 Å². The zero-order valence-corrected chi connectivity index (χ0v) is 11.9. The molecule has 0 heterocycles. The van der Waals surface area contributed by atoms with E-state index in [0.717, 1.165) is 14.2 Å². The molecule has 0 aromatic heterocycles. The number of carbonyl (C=O) groups excluding carboxylic acids is 3. The largest absolute Gasteiger partial charge is 0.469 e. The van der Waals surface area contributed by atoms with Gasteiger partial charge in [0.15, 0.2) is 0 Å². The molecule has 0 amide bonds. The number of ether oxygens (including phenoxy) is 4. The van der Waals surface area contributed by atoms with E-state index in [4.69, 9.17) is 4.74 Å². The Morgan fingerprint density at radius 3 is 1.80 bits per heavy atom. The maximum absolute atomic E-state index is 12.0. The molecule has 7 nitrogen and oxygen atoms in total. The highest BCUT2D eigenvalue weighted by Crippen LogP contribution is 2.55. The highest BCUT2D eigenvalue weighted by atomic mass is 16.6. The fourth-order valence-corrected chi connectivity index (χ4v) is 2.55. The average Bonchev–Trinajstić information content (AvgIpc) is 3.21. The molecule has 20 heavy (non-hydrogen) atoms. The molecule has 1 rings (SSSR count). The first kappa shape index (κ1) is 16.2. The minimum absolute atomic E-state index is 0.430. The minimum atomic E-state index is -2.00. The lowest BCUT2D eigenvalue weighted by Crippen LogP contribution is -2.53. The van der Waals surface area contributed by atoms with Gasteiger partial charge >= 0.3 is 17.9 Å². The van der Waals surface area contributed by atoms with E-state index in [0.29, 0.717) is 0 Å². The third-order valence-corrected chi connectivity index (χ3v) is 3.59. The summed E-state index contributed by atoms with van der Waals surface area (Å²) in [6, 6.07) is 0. The summed E-state index contributed by atoms with van der Waals surface area (Å²) in [5, 5.41) is 0. The summed E-state index contributed by atoms with van der Waals surface area (Å²) in [5.41, 5.74) is -2.00. The van der Waals surface area contributed by atoms with Crippen LogP contribution in [0.3, 0.4) is 0 Å². The van der Waals surface area contributed by atoms with Crippen molar-refractivity contribution in [2.75, 3.05) is 28.4 Å². The van der Waals surface area contributed by atoms with Crippen molar-refractivity contribution in [2.45, 2.75) is 5.60 Å². The number of methoxy groups -OCH3 is 4. The van der Waals surface area contributed by atoms with E-state index < -0.39 is 41.3 Å². The van der Waals surface area contributed by atoms with Crippen molar-refractivity contribution in [1.29, 1.82) is 0 Å². The predicted molar refractivity (Wildman–Crippen MR) is 66.5 cm³/mol. The molecule has 7 heteroatoms. The topological polar surface area (TPSA) is 88.1 Å². The molecule has 1 aliphatic rings. The molecule has 1 aliphatic carbocycles. The van der Waals surface area contributed by atoms with E-state index in [1.165, 1.54) is 20.3 Å². The number of esters is 3. The van der Waals surface area contributed by atoms with Gasteiger partial charge in [-0.1, -0.05) is 6.08 Å². The predicted octanol–water partition coefficient (Wildman–Crippen LogP) is -0.0612. The number of rotatable bonds is 6. The minimum Gasteiger partial charge on any atom is -0.469 e. The van der Waals surface area contributed by atoms with Gasteiger partial charge in [0, 0.05) is 13.0 Å². The van der Waals surface area contributed by atoms with Crippen molar-refractivity contribution in [3.05, 3.63) is 12.7 Å². The maximum atomic E-state index is 12.0. The zero-order valence-electron chi connectivity index (χ0n) is 11.9. The van der Waals surface area contributed by atoms with Gasteiger partial charge in [0.2, 0.25) is 0 Å². The van der Waals surface area contributed by atoms with Crippen LogP contribution in [0.1, 0.15) is 0 Å². The highest BCUT2D eigenvalue weighted by Gasteiger charge is 2.72. The van der Waals surface area contributed by atoms with E-state index >= 15 is 0 Å². The van der Waals surface area contributed by atoms with Crippen LogP contribution in [0.4, 0.5) is 0 Å². The van der Waals surface area contributed by atoms with Crippen LogP contribution in [0.5, 0.6) is 0 Å². The molecule has 1 saturated carbocycles. The van der Waals surface area contributed by atoms with E-state index in [2.05, 4.69) is 20.8 Å². The van der Waals surface area contributed by atoms with Gasteiger partial charge < -0.3 is 18.9 Å². The molecule has 112 valence electrons. The molecule has 0 N–H and O–H groups in total. The first-order valence-electron chi connectivity index (χ1n) is 5.88. The second kappa shape index (κ2) is 6.04. The van der Waals surface area contributed by atoms with Crippen molar-refractivity contribution < 1.29 is 33.3 Å². The van der Waals surface area contributed by atoms with Gasteiger partial charge in [0.25, 0.3) is 5.60 Å². The monoisotopic (exact) mass is 286 g/mol. The molecule has 1 fully saturated rings. The molecule has 0 radical (unpaired) electrons. The lowest BCUT2D eigenvalue weighted by atomic mass is 9.94. The van der Waals surface area contributed by atoms with Crippen molar-refractivity contribution in [3.63, 3.8) is 0 Å². The molecule has 0 bridgehead atoms. The number of allylic oxidation sites excluding steroid dienone is 1. The quantitative estimate of drug-likeness (QED) is 0.292. The van der Waals surface area contributed by atoms with Crippen LogP contribution in [0.25, 0.3) is 0 Å². The molecular weight excluding hydrogens is 268 g/mol. The summed E-state index contributed by atoms with van der Waals surface area (Å²) in [7, 11) is 4.65. The average molecular weight is 286 g/mol. The fourth-order valence-electron chi connectivity index (χ4n) is 2.55. The fraction of sp³-hybridized carbons (Fsp3) is 0.615. The molecule has 0 aliphatic heterocycles. The van der Waals surface area contributed by atoms with Crippen molar-refractivity contribution >= 4 is 17.9 Å². The Hall–Kier alpha value is -1.89.